The molecule has 126 valence electrons. The summed E-state index contributed by atoms with van der Waals surface area (Å²) in [5.74, 6) is -0.598. The fourth-order valence-electron chi connectivity index (χ4n) is 3.45. The van der Waals surface area contributed by atoms with Gasteiger partial charge in [-0.3, -0.25) is 4.79 Å². The van der Waals surface area contributed by atoms with Crippen LogP contribution >= 0.6 is 0 Å². The summed E-state index contributed by atoms with van der Waals surface area (Å²) in [7, 11) is 0. The number of Topliss-reactive ketones (excluding diaryl/α,β-unsaturated/α-hetero) is 1. The van der Waals surface area contributed by atoms with Crippen LogP contribution in [0.3, 0.4) is 0 Å². The smallest absolute Gasteiger partial charge is 0.199 e. The lowest BCUT2D eigenvalue weighted by Gasteiger charge is -2.35. The van der Waals surface area contributed by atoms with Gasteiger partial charge in [-0.25, -0.2) is 0 Å². The lowest BCUT2D eigenvalue weighted by Crippen LogP contribution is -2.41. The van der Waals surface area contributed by atoms with Crippen LogP contribution in [0.4, 0.5) is 0 Å². The zero-order chi connectivity index (χ0) is 17.7. The zero-order valence-electron chi connectivity index (χ0n) is 14.3. The molecule has 0 saturated heterocycles. The summed E-state index contributed by atoms with van der Waals surface area (Å²) in [6.07, 6.45) is 0.647. The van der Waals surface area contributed by atoms with Gasteiger partial charge in [0.15, 0.2) is 11.4 Å². The van der Waals surface area contributed by atoms with Crippen LogP contribution in [0.1, 0.15) is 40.7 Å². The summed E-state index contributed by atoms with van der Waals surface area (Å²) in [6.45, 7) is 2.00. The van der Waals surface area contributed by atoms with Crippen LogP contribution in [0.25, 0.3) is 0 Å². The lowest BCUT2D eigenvalue weighted by molar-refractivity contribution is 0.0127. The Hall–Kier alpha value is -2.71. The molecule has 1 N–H and O–H groups in total. The van der Waals surface area contributed by atoms with Gasteiger partial charge >= 0.3 is 0 Å². The van der Waals surface area contributed by atoms with Crippen molar-refractivity contribution in [3.63, 3.8) is 0 Å². The highest BCUT2D eigenvalue weighted by atomic mass is 16.3. The number of carbonyl (C=O) groups excluding carboxylic acids is 1. The zero-order valence-corrected chi connectivity index (χ0v) is 14.3. The van der Waals surface area contributed by atoms with E-state index in [9.17, 15) is 9.90 Å². The average molecular weight is 330 g/mol. The van der Waals surface area contributed by atoms with Gasteiger partial charge in [0, 0.05) is 11.5 Å². The highest BCUT2D eigenvalue weighted by Gasteiger charge is 2.45. The topological polar surface area (TPSA) is 37.3 Å². The first-order valence-electron chi connectivity index (χ1n) is 8.60. The minimum Gasteiger partial charge on any atom is -0.376 e. The molecule has 0 heterocycles. The van der Waals surface area contributed by atoms with E-state index in [-0.39, 0.29) is 11.7 Å². The molecule has 0 radical (unpaired) electrons. The summed E-state index contributed by atoms with van der Waals surface area (Å²) in [5, 5.41) is 11.8. The maximum atomic E-state index is 13.4. The van der Waals surface area contributed by atoms with Gasteiger partial charge in [-0.1, -0.05) is 97.9 Å². The molecule has 0 aliphatic rings. The molecule has 2 heteroatoms. The van der Waals surface area contributed by atoms with Crippen molar-refractivity contribution < 1.29 is 9.90 Å². The summed E-state index contributed by atoms with van der Waals surface area (Å²) in [4.78, 5) is 13.4. The third kappa shape index (κ3) is 3.26. The predicted octanol–water partition coefficient (Wildman–Crippen LogP) is 4.95. The number of hydrogen-bond acceptors (Lipinski definition) is 2. The highest BCUT2D eigenvalue weighted by Crippen LogP contribution is 2.41. The second kappa shape index (κ2) is 7.45. The number of benzene rings is 3. The van der Waals surface area contributed by atoms with Crippen LogP contribution in [0, 0.1) is 0 Å². The van der Waals surface area contributed by atoms with Crippen LogP contribution in [-0.4, -0.2) is 10.9 Å². The normalized spacial score (nSPS) is 14.5. The maximum Gasteiger partial charge on any atom is 0.199 e. The van der Waals surface area contributed by atoms with E-state index in [2.05, 4.69) is 0 Å². The van der Waals surface area contributed by atoms with Crippen molar-refractivity contribution in [2.45, 2.75) is 24.9 Å². The van der Waals surface area contributed by atoms with Crippen LogP contribution in [0.15, 0.2) is 91.0 Å². The van der Waals surface area contributed by atoms with E-state index in [1.807, 2.05) is 85.8 Å². The molecule has 0 aromatic heterocycles. The molecule has 0 fully saturated rings. The summed E-state index contributed by atoms with van der Waals surface area (Å²) in [6, 6.07) is 28.1. The molecule has 0 saturated carbocycles. The molecule has 3 aromatic rings. The Labute approximate surface area is 148 Å². The number of aliphatic hydroxyl groups is 1. The Balaban J connectivity index is 2.17. The Morgan fingerprint density at radius 2 is 1.32 bits per heavy atom. The first kappa shape index (κ1) is 17.1. The van der Waals surface area contributed by atoms with Gasteiger partial charge in [0.1, 0.15) is 0 Å². The first-order chi connectivity index (χ1) is 12.2. The fraction of sp³-hybridized carbons (Fsp3) is 0.174. The van der Waals surface area contributed by atoms with E-state index >= 15 is 0 Å². The van der Waals surface area contributed by atoms with Crippen molar-refractivity contribution in [3.05, 3.63) is 108 Å². The molecule has 0 spiro atoms. The van der Waals surface area contributed by atoms with E-state index in [1.165, 1.54) is 0 Å². The third-order valence-electron chi connectivity index (χ3n) is 4.71. The van der Waals surface area contributed by atoms with E-state index < -0.39 is 5.60 Å². The SMILES string of the molecule is CCC(c1ccccc1)C(O)(C(=O)c1ccccc1)c1ccccc1. The van der Waals surface area contributed by atoms with E-state index in [0.717, 1.165) is 5.56 Å². The predicted molar refractivity (Wildman–Crippen MR) is 101 cm³/mol. The van der Waals surface area contributed by atoms with Crippen molar-refractivity contribution >= 4 is 5.78 Å². The fourth-order valence-corrected chi connectivity index (χ4v) is 3.45. The molecule has 0 bridgehead atoms. The summed E-state index contributed by atoms with van der Waals surface area (Å²) in [5.41, 5.74) is 0.488. The van der Waals surface area contributed by atoms with Crippen molar-refractivity contribution in [1.29, 1.82) is 0 Å². The van der Waals surface area contributed by atoms with E-state index in [1.54, 1.807) is 12.1 Å². The molecule has 2 nitrogen and oxygen atoms in total. The van der Waals surface area contributed by atoms with Crippen molar-refractivity contribution in [3.8, 4) is 0 Å². The number of rotatable bonds is 6. The van der Waals surface area contributed by atoms with Crippen molar-refractivity contribution in [2.75, 3.05) is 0 Å². The monoisotopic (exact) mass is 330 g/mol. The van der Waals surface area contributed by atoms with Crippen LogP contribution in [0.5, 0.6) is 0 Å². The number of hydrogen-bond donors (Lipinski definition) is 1. The molecule has 3 aromatic carbocycles. The van der Waals surface area contributed by atoms with Crippen LogP contribution in [0.2, 0.25) is 0 Å². The Bertz CT molecular complexity index is 812. The molecule has 25 heavy (non-hydrogen) atoms. The minimum absolute atomic E-state index is 0.269. The van der Waals surface area contributed by atoms with Gasteiger partial charge in [-0.2, -0.15) is 0 Å². The third-order valence-corrected chi connectivity index (χ3v) is 4.71. The van der Waals surface area contributed by atoms with Crippen LogP contribution in [-0.2, 0) is 5.60 Å². The minimum atomic E-state index is -1.61. The second-order valence-corrected chi connectivity index (χ2v) is 6.20. The molecule has 2 atom stereocenters. The molecule has 0 amide bonds. The highest BCUT2D eigenvalue weighted by molar-refractivity contribution is 6.03. The molecule has 2 unspecified atom stereocenters. The summed E-state index contributed by atoms with van der Waals surface area (Å²) < 4.78 is 0. The largest absolute Gasteiger partial charge is 0.376 e. The van der Waals surface area contributed by atoms with Gasteiger partial charge in [0.25, 0.3) is 0 Å². The average Bonchev–Trinajstić information content (AvgIpc) is 2.70. The lowest BCUT2D eigenvalue weighted by atomic mass is 9.72. The number of ketones is 1. The Morgan fingerprint density at radius 3 is 1.84 bits per heavy atom. The molecule has 3 rings (SSSR count). The standard InChI is InChI=1S/C23H22O2/c1-2-21(18-12-6-3-7-13-18)23(25,20-16-10-5-11-17-20)22(24)19-14-8-4-9-15-19/h3-17,21,25H,2H2,1H3. The number of carbonyl (C=O) groups is 1. The van der Waals surface area contributed by atoms with Gasteiger partial charge in [0.05, 0.1) is 0 Å². The van der Waals surface area contributed by atoms with Gasteiger partial charge in [0.2, 0.25) is 0 Å². The maximum absolute atomic E-state index is 13.4. The van der Waals surface area contributed by atoms with E-state index in [4.69, 9.17) is 0 Å². The molecule has 0 aliphatic heterocycles. The van der Waals surface area contributed by atoms with Crippen molar-refractivity contribution in [1.82, 2.24) is 0 Å². The molecular weight excluding hydrogens is 308 g/mol. The first-order valence-corrected chi connectivity index (χ1v) is 8.60. The Kier molecular flexibility index (Phi) is 5.11. The second-order valence-electron chi connectivity index (χ2n) is 6.20. The van der Waals surface area contributed by atoms with Crippen LogP contribution < -0.4 is 0 Å². The van der Waals surface area contributed by atoms with Gasteiger partial charge in [-0.15, -0.1) is 0 Å². The van der Waals surface area contributed by atoms with Gasteiger partial charge in [-0.05, 0) is 17.5 Å². The van der Waals surface area contributed by atoms with Crippen molar-refractivity contribution in [2.24, 2.45) is 0 Å². The molecular formula is C23H22O2. The Morgan fingerprint density at radius 1 is 0.840 bits per heavy atom. The quantitative estimate of drug-likeness (QED) is 0.649. The molecule has 0 aliphatic carbocycles. The van der Waals surface area contributed by atoms with E-state index in [0.29, 0.717) is 17.5 Å². The summed E-state index contributed by atoms with van der Waals surface area (Å²) >= 11 is 0. The van der Waals surface area contributed by atoms with Gasteiger partial charge < -0.3 is 5.11 Å².